The Kier molecular flexibility index (Phi) is 7.27. The van der Waals surface area contributed by atoms with Crippen LogP contribution in [0.2, 0.25) is 0 Å². The summed E-state index contributed by atoms with van der Waals surface area (Å²) in [7, 11) is 0. The summed E-state index contributed by atoms with van der Waals surface area (Å²) in [6.07, 6.45) is 0. The number of hydrogen-bond acceptors (Lipinski definition) is 5. The van der Waals surface area contributed by atoms with Crippen molar-refractivity contribution in [2.45, 2.75) is 19.1 Å². The van der Waals surface area contributed by atoms with Gasteiger partial charge in [-0.15, -0.1) is 0 Å². The summed E-state index contributed by atoms with van der Waals surface area (Å²) in [5.41, 5.74) is 8.55. The second kappa shape index (κ2) is 10.5. The monoisotopic (exact) mass is 401 g/mol. The fourth-order valence-electron chi connectivity index (χ4n) is 2.62. The van der Waals surface area contributed by atoms with Crippen molar-refractivity contribution in [3.8, 4) is 5.75 Å². The zero-order chi connectivity index (χ0) is 21.2. The summed E-state index contributed by atoms with van der Waals surface area (Å²) < 4.78 is 0. The number of benzene rings is 3. The lowest BCUT2D eigenvalue weighted by Crippen LogP contribution is -2.42. The summed E-state index contributed by atoms with van der Waals surface area (Å²) in [6.45, 7) is 0.609. The van der Waals surface area contributed by atoms with Crippen LogP contribution in [0.1, 0.15) is 11.1 Å². The van der Waals surface area contributed by atoms with Crippen molar-refractivity contribution in [1.82, 2.24) is 5.32 Å². The highest BCUT2D eigenvalue weighted by Gasteiger charge is 2.22. The van der Waals surface area contributed by atoms with Gasteiger partial charge in [-0.05, 0) is 35.4 Å². The standard InChI is InChI=1S/C23H23N5O2/c24-22(25-15-17-7-3-1-4-8-17)21(28-27-19-9-5-2-6-10-19)23(30)26-16-18-11-13-20(29)14-12-18/h1-14,21,29H,15-16H2,(H2,24,25)(H,26,30). The van der Waals surface area contributed by atoms with Gasteiger partial charge < -0.3 is 16.2 Å². The molecular formula is C23H23N5O2. The fourth-order valence-corrected chi connectivity index (χ4v) is 2.62. The molecule has 7 nitrogen and oxygen atoms in total. The molecule has 3 rings (SSSR count). The normalized spacial score (nSPS) is 12.6. The summed E-state index contributed by atoms with van der Waals surface area (Å²) in [5, 5.41) is 20.5. The van der Waals surface area contributed by atoms with Crippen LogP contribution in [0.3, 0.4) is 0 Å². The van der Waals surface area contributed by atoms with Gasteiger partial charge in [0.2, 0.25) is 6.04 Å². The number of azo groups is 1. The maximum Gasteiger partial charge on any atom is 0.254 e. The molecule has 3 aromatic rings. The molecule has 0 fully saturated rings. The molecular weight excluding hydrogens is 378 g/mol. The Morgan fingerprint density at radius 2 is 1.53 bits per heavy atom. The second-order valence-corrected chi connectivity index (χ2v) is 6.56. The first kappa shape index (κ1) is 20.7. The molecule has 3 aromatic carbocycles. The average molecular weight is 401 g/mol. The van der Waals surface area contributed by atoms with Gasteiger partial charge in [0.05, 0.1) is 12.2 Å². The summed E-state index contributed by atoms with van der Waals surface area (Å²) in [4.78, 5) is 17.1. The average Bonchev–Trinajstić information content (AvgIpc) is 2.79. The van der Waals surface area contributed by atoms with Crippen LogP contribution in [0.4, 0.5) is 5.69 Å². The number of phenols is 1. The Morgan fingerprint density at radius 1 is 0.900 bits per heavy atom. The highest BCUT2D eigenvalue weighted by molar-refractivity contribution is 6.06. The molecule has 4 N–H and O–H groups in total. The van der Waals surface area contributed by atoms with Crippen LogP contribution in [0.15, 0.2) is 100 Å². The van der Waals surface area contributed by atoms with Gasteiger partial charge in [0.25, 0.3) is 5.91 Å². The van der Waals surface area contributed by atoms with Crippen molar-refractivity contribution >= 4 is 17.4 Å². The van der Waals surface area contributed by atoms with Crippen LogP contribution in [0, 0.1) is 0 Å². The van der Waals surface area contributed by atoms with Gasteiger partial charge in [-0.1, -0.05) is 60.7 Å². The Balaban J connectivity index is 1.74. The van der Waals surface area contributed by atoms with Gasteiger partial charge in [0.1, 0.15) is 11.6 Å². The molecule has 152 valence electrons. The van der Waals surface area contributed by atoms with E-state index in [-0.39, 0.29) is 18.1 Å². The third-order valence-corrected chi connectivity index (χ3v) is 4.26. The Hall–Kier alpha value is -4.00. The lowest BCUT2D eigenvalue weighted by Gasteiger charge is -2.12. The minimum atomic E-state index is -1.05. The van der Waals surface area contributed by atoms with Crippen molar-refractivity contribution in [3.05, 3.63) is 96.1 Å². The van der Waals surface area contributed by atoms with Crippen LogP contribution in [-0.4, -0.2) is 22.9 Å². The number of rotatable bonds is 8. The third kappa shape index (κ3) is 6.27. The SMILES string of the molecule is NC(=NCc1ccccc1)C(N=Nc1ccccc1)C(=O)NCc1ccc(O)cc1. The highest BCUT2D eigenvalue weighted by Crippen LogP contribution is 2.13. The molecule has 0 heterocycles. The first-order chi connectivity index (χ1) is 14.6. The minimum Gasteiger partial charge on any atom is -0.508 e. The number of carbonyl (C=O) groups excluding carboxylic acids is 1. The number of nitrogens with zero attached hydrogens (tertiary/aromatic N) is 3. The molecule has 0 aliphatic heterocycles. The van der Waals surface area contributed by atoms with Gasteiger partial charge in [-0.25, -0.2) is 0 Å². The van der Waals surface area contributed by atoms with Crippen molar-refractivity contribution in [2.75, 3.05) is 0 Å². The van der Waals surface area contributed by atoms with Crippen LogP contribution in [0.5, 0.6) is 5.75 Å². The number of aliphatic imine (C=N–C) groups is 1. The lowest BCUT2D eigenvalue weighted by atomic mass is 10.2. The van der Waals surface area contributed by atoms with E-state index >= 15 is 0 Å². The number of hydrogen-bond donors (Lipinski definition) is 3. The molecule has 1 unspecified atom stereocenters. The van der Waals surface area contributed by atoms with Crippen molar-refractivity contribution < 1.29 is 9.90 Å². The van der Waals surface area contributed by atoms with Gasteiger partial charge in [-0.3, -0.25) is 9.79 Å². The Morgan fingerprint density at radius 3 is 2.20 bits per heavy atom. The number of amides is 1. The molecule has 0 spiro atoms. The van der Waals surface area contributed by atoms with E-state index in [0.29, 0.717) is 12.2 Å². The number of nitrogens with two attached hydrogens (primary N) is 1. The zero-order valence-corrected chi connectivity index (χ0v) is 16.3. The zero-order valence-electron chi connectivity index (χ0n) is 16.3. The summed E-state index contributed by atoms with van der Waals surface area (Å²) in [6, 6.07) is 24.2. The Bertz CT molecular complexity index is 1000. The largest absolute Gasteiger partial charge is 0.508 e. The number of carbonyl (C=O) groups is 1. The molecule has 1 atom stereocenters. The van der Waals surface area contributed by atoms with Crippen LogP contribution in [0.25, 0.3) is 0 Å². The van der Waals surface area contributed by atoms with Crippen molar-refractivity contribution in [1.29, 1.82) is 0 Å². The van der Waals surface area contributed by atoms with Crippen LogP contribution >= 0.6 is 0 Å². The fraction of sp³-hybridized carbons (Fsp3) is 0.130. The molecule has 0 aliphatic carbocycles. The molecule has 0 aromatic heterocycles. The number of phenolic OH excluding ortho intramolecular Hbond substituents is 1. The van der Waals surface area contributed by atoms with E-state index in [4.69, 9.17) is 5.73 Å². The molecule has 0 bridgehead atoms. The van der Waals surface area contributed by atoms with Crippen LogP contribution in [-0.2, 0) is 17.9 Å². The maximum absolute atomic E-state index is 12.8. The van der Waals surface area contributed by atoms with E-state index in [1.54, 1.807) is 36.4 Å². The first-order valence-electron chi connectivity index (χ1n) is 9.47. The highest BCUT2D eigenvalue weighted by atomic mass is 16.3. The lowest BCUT2D eigenvalue weighted by molar-refractivity contribution is -0.121. The van der Waals surface area contributed by atoms with Gasteiger partial charge >= 0.3 is 0 Å². The third-order valence-electron chi connectivity index (χ3n) is 4.26. The minimum absolute atomic E-state index is 0.0849. The number of nitrogens with one attached hydrogen (secondary N) is 1. The molecule has 30 heavy (non-hydrogen) atoms. The van der Waals surface area contributed by atoms with E-state index in [1.807, 2.05) is 48.5 Å². The maximum atomic E-state index is 12.8. The van der Waals surface area contributed by atoms with Gasteiger partial charge in [-0.2, -0.15) is 10.2 Å². The van der Waals surface area contributed by atoms with E-state index in [9.17, 15) is 9.90 Å². The van der Waals surface area contributed by atoms with E-state index in [1.165, 1.54) is 0 Å². The number of amidine groups is 1. The molecule has 7 heteroatoms. The smallest absolute Gasteiger partial charge is 0.254 e. The number of aromatic hydroxyl groups is 1. The van der Waals surface area contributed by atoms with Gasteiger partial charge in [0.15, 0.2) is 0 Å². The van der Waals surface area contributed by atoms with Crippen molar-refractivity contribution in [2.24, 2.45) is 21.0 Å². The van der Waals surface area contributed by atoms with E-state index in [2.05, 4.69) is 20.5 Å². The first-order valence-corrected chi connectivity index (χ1v) is 9.47. The predicted molar refractivity (Wildman–Crippen MR) is 116 cm³/mol. The predicted octanol–water partition coefficient (Wildman–Crippen LogP) is 3.72. The van der Waals surface area contributed by atoms with E-state index < -0.39 is 11.9 Å². The molecule has 1 amide bonds. The second-order valence-electron chi connectivity index (χ2n) is 6.56. The van der Waals surface area contributed by atoms with Crippen LogP contribution < -0.4 is 11.1 Å². The van der Waals surface area contributed by atoms with Crippen molar-refractivity contribution in [3.63, 3.8) is 0 Å². The summed E-state index contributed by atoms with van der Waals surface area (Å²) >= 11 is 0. The Labute approximate surface area is 175 Å². The quantitative estimate of drug-likeness (QED) is 0.304. The molecule has 0 aliphatic rings. The topological polar surface area (TPSA) is 112 Å². The molecule has 0 saturated heterocycles. The summed E-state index contributed by atoms with van der Waals surface area (Å²) in [5.74, 6) is -0.157. The van der Waals surface area contributed by atoms with E-state index in [0.717, 1.165) is 11.1 Å². The van der Waals surface area contributed by atoms with Gasteiger partial charge in [0, 0.05) is 6.54 Å². The molecule has 0 radical (unpaired) electrons. The molecule has 0 saturated carbocycles.